The lowest BCUT2D eigenvalue weighted by molar-refractivity contribution is -0.115. The van der Waals surface area contributed by atoms with Gasteiger partial charge in [0.15, 0.2) is 0 Å². The van der Waals surface area contributed by atoms with Gasteiger partial charge in [-0.25, -0.2) is 0 Å². The number of thioether (sulfide) groups is 1. The van der Waals surface area contributed by atoms with E-state index in [0.717, 1.165) is 4.90 Å². The maximum atomic E-state index is 12.4. The van der Waals surface area contributed by atoms with E-state index in [1.165, 1.54) is 11.8 Å². The number of nitrogen functional groups attached to an aromatic ring is 1. The van der Waals surface area contributed by atoms with Gasteiger partial charge in [-0.3, -0.25) is 4.79 Å². The van der Waals surface area contributed by atoms with Crippen LogP contribution in [0.15, 0.2) is 53.4 Å². The predicted octanol–water partition coefficient (Wildman–Crippen LogP) is 3.79. The van der Waals surface area contributed by atoms with Crippen LogP contribution in [0.25, 0.3) is 0 Å². The average molecular weight is 316 g/mol. The molecule has 116 valence electrons. The summed E-state index contributed by atoms with van der Waals surface area (Å²) in [4.78, 5) is 13.3. The summed E-state index contributed by atoms with van der Waals surface area (Å²) in [6, 6.07) is 14.9. The number of carbonyl (C=O) groups is 1. The first-order valence-electron chi connectivity index (χ1n) is 7.15. The standard InChI is InChI=1S/C17H20N2O2S/c1-3-21-15-10-6-5-9-14(15)19-17(20)12(2)22-16-11-7-4-8-13(16)18/h4-12H,3,18H2,1-2H3,(H,19,20). The minimum atomic E-state index is -0.264. The molecule has 2 aromatic rings. The molecule has 2 aromatic carbocycles. The second-order valence-corrected chi connectivity index (χ2v) is 6.10. The van der Waals surface area contributed by atoms with Gasteiger partial charge in [0, 0.05) is 10.6 Å². The summed E-state index contributed by atoms with van der Waals surface area (Å²) in [5.41, 5.74) is 7.28. The highest BCUT2D eigenvalue weighted by Gasteiger charge is 2.17. The average Bonchev–Trinajstić information content (AvgIpc) is 2.51. The van der Waals surface area contributed by atoms with Gasteiger partial charge in [-0.2, -0.15) is 0 Å². The quantitative estimate of drug-likeness (QED) is 0.629. The smallest absolute Gasteiger partial charge is 0.237 e. The van der Waals surface area contributed by atoms with Gasteiger partial charge in [0.05, 0.1) is 17.5 Å². The van der Waals surface area contributed by atoms with Gasteiger partial charge >= 0.3 is 0 Å². The van der Waals surface area contributed by atoms with Crippen LogP contribution in [0.3, 0.4) is 0 Å². The van der Waals surface area contributed by atoms with Gasteiger partial charge in [0.25, 0.3) is 0 Å². The van der Waals surface area contributed by atoms with E-state index in [1.54, 1.807) is 0 Å². The summed E-state index contributed by atoms with van der Waals surface area (Å²) in [6.07, 6.45) is 0. The van der Waals surface area contributed by atoms with Crippen molar-refractivity contribution in [1.82, 2.24) is 0 Å². The Bertz CT molecular complexity index is 646. The summed E-state index contributed by atoms with van der Waals surface area (Å²) in [6.45, 7) is 4.32. The second kappa shape index (κ2) is 7.75. The number of nitrogens with two attached hydrogens (primary N) is 1. The highest BCUT2D eigenvalue weighted by atomic mass is 32.2. The lowest BCUT2D eigenvalue weighted by Gasteiger charge is -2.15. The molecule has 22 heavy (non-hydrogen) atoms. The van der Waals surface area contributed by atoms with Gasteiger partial charge in [-0.15, -0.1) is 11.8 Å². The van der Waals surface area contributed by atoms with Crippen LogP contribution in [0.2, 0.25) is 0 Å². The van der Waals surface area contributed by atoms with Crippen molar-refractivity contribution in [3.63, 3.8) is 0 Å². The number of carbonyl (C=O) groups excluding carboxylic acids is 1. The Kier molecular flexibility index (Phi) is 5.72. The van der Waals surface area contributed by atoms with Gasteiger partial charge < -0.3 is 15.8 Å². The van der Waals surface area contributed by atoms with Crippen LogP contribution in [0.4, 0.5) is 11.4 Å². The summed E-state index contributed by atoms with van der Waals surface area (Å²) in [5.74, 6) is 0.593. The number of anilines is 2. The molecule has 3 N–H and O–H groups in total. The number of nitrogens with one attached hydrogen (secondary N) is 1. The van der Waals surface area contributed by atoms with Crippen molar-refractivity contribution in [1.29, 1.82) is 0 Å². The molecule has 0 aromatic heterocycles. The number of rotatable bonds is 6. The fourth-order valence-corrected chi connectivity index (χ4v) is 2.83. The van der Waals surface area contributed by atoms with Crippen molar-refractivity contribution < 1.29 is 9.53 Å². The highest BCUT2D eigenvalue weighted by Crippen LogP contribution is 2.30. The molecule has 4 nitrogen and oxygen atoms in total. The van der Waals surface area contributed by atoms with E-state index in [2.05, 4.69) is 5.32 Å². The molecule has 0 bridgehead atoms. The normalized spacial score (nSPS) is 11.7. The number of hydrogen-bond acceptors (Lipinski definition) is 4. The first-order chi connectivity index (χ1) is 10.6. The van der Waals surface area contributed by atoms with Gasteiger partial charge in [0.2, 0.25) is 5.91 Å². The summed E-state index contributed by atoms with van der Waals surface area (Å²) in [5, 5.41) is 2.64. The zero-order valence-electron chi connectivity index (χ0n) is 12.7. The Morgan fingerprint density at radius 1 is 1.23 bits per heavy atom. The third-order valence-corrected chi connectivity index (χ3v) is 4.23. The molecule has 1 amide bonds. The monoisotopic (exact) mass is 316 g/mol. The molecule has 0 spiro atoms. The summed E-state index contributed by atoms with van der Waals surface area (Å²) >= 11 is 1.44. The minimum Gasteiger partial charge on any atom is -0.492 e. The molecule has 5 heteroatoms. The number of hydrogen-bond donors (Lipinski definition) is 2. The van der Waals surface area contributed by atoms with Crippen molar-refractivity contribution in [2.24, 2.45) is 0 Å². The first-order valence-corrected chi connectivity index (χ1v) is 8.03. The van der Waals surface area contributed by atoms with Crippen LogP contribution in [0, 0.1) is 0 Å². The fourth-order valence-electron chi connectivity index (χ4n) is 1.92. The lowest BCUT2D eigenvalue weighted by atomic mass is 10.3. The van der Waals surface area contributed by atoms with Crippen LogP contribution in [0.5, 0.6) is 5.75 Å². The molecule has 0 aliphatic carbocycles. The molecular formula is C17H20N2O2S. The first kappa shape index (κ1) is 16.2. The molecule has 0 aliphatic rings. The number of para-hydroxylation sites is 3. The van der Waals surface area contributed by atoms with Crippen molar-refractivity contribution in [3.8, 4) is 5.75 Å². The van der Waals surface area contributed by atoms with Crippen LogP contribution < -0.4 is 15.8 Å². The van der Waals surface area contributed by atoms with Crippen LogP contribution in [-0.4, -0.2) is 17.8 Å². The Balaban J connectivity index is 2.04. The van der Waals surface area contributed by atoms with E-state index >= 15 is 0 Å². The van der Waals surface area contributed by atoms with E-state index in [9.17, 15) is 4.79 Å². The molecular weight excluding hydrogens is 296 g/mol. The minimum absolute atomic E-state index is 0.0830. The number of ether oxygens (including phenoxy) is 1. The molecule has 1 unspecified atom stereocenters. The van der Waals surface area contributed by atoms with Crippen molar-refractivity contribution in [2.75, 3.05) is 17.7 Å². The molecule has 2 rings (SSSR count). The molecule has 0 radical (unpaired) electrons. The third kappa shape index (κ3) is 4.18. The van der Waals surface area contributed by atoms with Gasteiger partial charge in [-0.05, 0) is 38.1 Å². The largest absolute Gasteiger partial charge is 0.492 e. The van der Waals surface area contributed by atoms with E-state index in [4.69, 9.17) is 10.5 Å². The summed E-state index contributed by atoms with van der Waals surface area (Å²) in [7, 11) is 0. The zero-order chi connectivity index (χ0) is 15.9. The van der Waals surface area contributed by atoms with Crippen molar-refractivity contribution in [3.05, 3.63) is 48.5 Å². The van der Waals surface area contributed by atoms with Gasteiger partial charge in [-0.1, -0.05) is 24.3 Å². The molecule has 1 atom stereocenters. The van der Waals surface area contributed by atoms with E-state index in [1.807, 2.05) is 62.4 Å². The maximum Gasteiger partial charge on any atom is 0.237 e. The Morgan fingerprint density at radius 3 is 2.64 bits per heavy atom. The molecule has 0 saturated heterocycles. The molecule has 0 heterocycles. The van der Waals surface area contributed by atoms with Crippen molar-refractivity contribution in [2.45, 2.75) is 24.0 Å². The highest BCUT2D eigenvalue weighted by molar-refractivity contribution is 8.00. The Hall–Kier alpha value is -2.14. The molecule has 0 saturated carbocycles. The van der Waals surface area contributed by atoms with E-state index in [-0.39, 0.29) is 11.2 Å². The fraction of sp³-hybridized carbons (Fsp3) is 0.235. The third-order valence-electron chi connectivity index (χ3n) is 3.04. The Morgan fingerprint density at radius 2 is 1.91 bits per heavy atom. The SMILES string of the molecule is CCOc1ccccc1NC(=O)C(C)Sc1ccccc1N. The van der Waals surface area contributed by atoms with Crippen LogP contribution in [0.1, 0.15) is 13.8 Å². The molecule has 0 fully saturated rings. The number of amides is 1. The lowest BCUT2D eigenvalue weighted by Crippen LogP contribution is -2.22. The predicted molar refractivity (Wildman–Crippen MR) is 92.4 cm³/mol. The number of benzene rings is 2. The maximum absolute atomic E-state index is 12.4. The van der Waals surface area contributed by atoms with E-state index in [0.29, 0.717) is 23.7 Å². The van der Waals surface area contributed by atoms with Crippen LogP contribution in [-0.2, 0) is 4.79 Å². The van der Waals surface area contributed by atoms with Crippen LogP contribution >= 0.6 is 11.8 Å². The van der Waals surface area contributed by atoms with E-state index < -0.39 is 0 Å². The zero-order valence-corrected chi connectivity index (χ0v) is 13.5. The Labute approximate surface area is 135 Å². The van der Waals surface area contributed by atoms with Gasteiger partial charge in [0.1, 0.15) is 5.75 Å². The van der Waals surface area contributed by atoms with Crippen molar-refractivity contribution >= 4 is 29.0 Å². The topological polar surface area (TPSA) is 64.3 Å². The second-order valence-electron chi connectivity index (χ2n) is 4.72. The summed E-state index contributed by atoms with van der Waals surface area (Å²) < 4.78 is 5.51. The molecule has 0 aliphatic heterocycles.